The van der Waals surface area contributed by atoms with E-state index < -0.39 is 0 Å². The molecule has 2 aromatic rings. The molecule has 4 nitrogen and oxygen atoms in total. The van der Waals surface area contributed by atoms with Crippen molar-refractivity contribution in [3.8, 4) is 0 Å². The Labute approximate surface area is 114 Å². The molecule has 0 aliphatic heterocycles. The fourth-order valence-electron chi connectivity index (χ4n) is 1.43. The lowest BCUT2D eigenvalue weighted by Gasteiger charge is -2.09. The van der Waals surface area contributed by atoms with Crippen LogP contribution in [0.3, 0.4) is 0 Å². The Morgan fingerprint density at radius 1 is 1.39 bits per heavy atom. The van der Waals surface area contributed by atoms with Gasteiger partial charge in [-0.2, -0.15) is 0 Å². The summed E-state index contributed by atoms with van der Waals surface area (Å²) in [6.07, 6.45) is 1.42. The van der Waals surface area contributed by atoms with E-state index in [1.54, 1.807) is 30.3 Å². The van der Waals surface area contributed by atoms with Crippen LogP contribution >= 0.6 is 23.8 Å². The fourth-order valence-corrected chi connectivity index (χ4v) is 1.78. The van der Waals surface area contributed by atoms with E-state index in [9.17, 15) is 4.79 Å². The lowest BCUT2D eigenvalue weighted by atomic mass is 10.1. The average Bonchev–Trinajstić information content (AvgIpc) is 2.81. The molecule has 0 aliphatic rings. The summed E-state index contributed by atoms with van der Waals surface area (Å²) in [6.45, 7) is 0. The Morgan fingerprint density at radius 2 is 2.17 bits per heavy atom. The van der Waals surface area contributed by atoms with Crippen molar-refractivity contribution in [1.29, 1.82) is 0 Å². The molecule has 2 rings (SSSR count). The number of furan rings is 1. The van der Waals surface area contributed by atoms with Crippen molar-refractivity contribution in [3.05, 3.63) is 52.9 Å². The Hall–Kier alpha value is -1.85. The van der Waals surface area contributed by atoms with Gasteiger partial charge in [0, 0.05) is 10.6 Å². The minimum Gasteiger partial charge on any atom is -0.459 e. The van der Waals surface area contributed by atoms with Gasteiger partial charge in [-0.05, 0) is 30.3 Å². The first-order chi connectivity index (χ1) is 8.58. The highest BCUT2D eigenvalue weighted by molar-refractivity contribution is 7.80. The second kappa shape index (κ2) is 5.20. The summed E-state index contributed by atoms with van der Waals surface area (Å²) in [4.78, 5) is 12.0. The maximum atomic E-state index is 11.8. The lowest BCUT2D eigenvalue weighted by molar-refractivity contribution is 0.0996. The van der Waals surface area contributed by atoms with Gasteiger partial charge in [0.05, 0.1) is 12.0 Å². The molecule has 18 heavy (non-hydrogen) atoms. The van der Waals surface area contributed by atoms with Gasteiger partial charge in [-0.15, -0.1) is 0 Å². The molecule has 0 aliphatic carbocycles. The molecule has 0 unspecified atom stereocenters. The number of hydrogen-bond donors (Lipinski definition) is 2. The number of halogens is 1. The SMILES string of the molecule is NC(=S)c1ccc(Cl)cc1NC(=O)c1ccco1. The third-order valence-electron chi connectivity index (χ3n) is 2.24. The number of hydrogen-bond acceptors (Lipinski definition) is 3. The maximum absolute atomic E-state index is 11.8. The minimum absolute atomic E-state index is 0.182. The Balaban J connectivity index is 2.31. The highest BCUT2D eigenvalue weighted by Gasteiger charge is 2.12. The minimum atomic E-state index is -0.389. The smallest absolute Gasteiger partial charge is 0.291 e. The summed E-state index contributed by atoms with van der Waals surface area (Å²) < 4.78 is 4.99. The normalized spacial score (nSPS) is 10.1. The first-order valence-electron chi connectivity index (χ1n) is 5.02. The largest absolute Gasteiger partial charge is 0.459 e. The van der Waals surface area contributed by atoms with Crippen molar-refractivity contribution >= 4 is 40.4 Å². The molecular weight excluding hydrogens is 272 g/mol. The van der Waals surface area contributed by atoms with Crippen LogP contribution in [0.5, 0.6) is 0 Å². The zero-order valence-corrected chi connectivity index (χ0v) is 10.7. The van der Waals surface area contributed by atoms with Crippen LogP contribution in [0.1, 0.15) is 16.1 Å². The molecule has 3 N–H and O–H groups in total. The van der Waals surface area contributed by atoms with E-state index in [1.165, 1.54) is 6.26 Å². The van der Waals surface area contributed by atoms with Crippen molar-refractivity contribution in [2.45, 2.75) is 0 Å². The van der Waals surface area contributed by atoms with Crippen LogP contribution in [0.2, 0.25) is 5.02 Å². The number of anilines is 1. The number of amides is 1. The van der Waals surface area contributed by atoms with Crippen LogP contribution in [-0.4, -0.2) is 10.9 Å². The van der Waals surface area contributed by atoms with Crippen LogP contribution < -0.4 is 11.1 Å². The van der Waals surface area contributed by atoms with E-state index in [0.29, 0.717) is 16.3 Å². The lowest BCUT2D eigenvalue weighted by Crippen LogP contribution is -2.17. The average molecular weight is 281 g/mol. The molecule has 0 fully saturated rings. The van der Waals surface area contributed by atoms with E-state index in [1.807, 2.05) is 0 Å². The van der Waals surface area contributed by atoms with E-state index in [4.69, 9.17) is 34.0 Å². The van der Waals surface area contributed by atoms with Gasteiger partial charge in [0.15, 0.2) is 5.76 Å². The second-order valence-corrected chi connectivity index (χ2v) is 4.36. The number of benzene rings is 1. The zero-order valence-electron chi connectivity index (χ0n) is 9.14. The number of rotatable bonds is 3. The predicted molar refractivity (Wildman–Crippen MR) is 74.0 cm³/mol. The van der Waals surface area contributed by atoms with Crippen LogP contribution in [0.25, 0.3) is 0 Å². The number of carbonyl (C=O) groups excluding carboxylic acids is 1. The Bertz CT molecular complexity index is 596. The monoisotopic (exact) mass is 280 g/mol. The van der Waals surface area contributed by atoms with Crippen molar-refractivity contribution in [2.75, 3.05) is 5.32 Å². The maximum Gasteiger partial charge on any atom is 0.291 e. The highest BCUT2D eigenvalue weighted by Crippen LogP contribution is 2.21. The van der Waals surface area contributed by atoms with Gasteiger partial charge in [-0.1, -0.05) is 23.8 Å². The summed E-state index contributed by atoms with van der Waals surface area (Å²) >= 11 is 10.8. The third-order valence-corrected chi connectivity index (χ3v) is 2.70. The van der Waals surface area contributed by atoms with E-state index >= 15 is 0 Å². The van der Waals surface area contributed by atoms with Gasteiger partial charge in [0.2, 0.25) is 0 Å². The molecule has 92 valence electrons. The van der Waals surface area contributed by atoms with Crippen LogP contribution in [0, 0.1) is 0 Å². The first-order valence-corrected chi connectivity index (χ1v) is 5.81. The molecule has 0 saturated carbocycles. The van der Waals surface area contributed by atoms with Crippen molar-refractivity contribution in [1.82, 2.24) is 0 Å². The molecule has 6 heteroatoms. The quantitative estimate of drug-likeness (QED) is 0.849. The molecule has 1 amide bonds. The topological polar surface area (TPSA) is 68.3 Å². The number of nitrogens with one attached hydrogen (secondary N) is 1. The first kappa shape index (κ1) is 12.6. The third kappa shape index (κ3) is 2.69. The second-order valence-electron chi connectivity index (χ2n) is 3.49. The number of carbonyl (C=O) groups is 1. The van der Waals surface area contributed by atoms with Crippen LogP contribution in [0.15, 0.2) is 41.0 Å². The summed E-state index contributed by atoms with van der Waals surface area (Å²) in [6, 6.07) is 8.07. The Morgan fingerprint density at radius 3 is 2.78 bits per heavy atom. The van der Waals surface area contributed by atoms with Gasteiger partial charge in [-0.25, -0.2) is 0 Å². The number of nitrogens with two attached hydrogens (primary N) is 1. The van der Waals surface area contributed by atoms with Crippen LogP contribution in [0.4, 0.5) is 5.69 Å². The fraction of sp³-hybridized carbons (Fsp3) is 0. The van der Waals surface area contributed by atoms with Crippen molar-refractivity contribution < 1.29 is 9.21 Å². The van der Waals surface area contributed by atoms with E-state index in [2.05, 4.69) is 5.32 Å². The van der Waals surface area contributed by atoms with E-state index in [0.717, 1.165) is 0 Å². The Kier molecular flexibility index (Phi) is 3.64. The van der Waals surface area contributed by atoms with E-state index in [-0.39, 0.29) is 16.7 Å². The standard InChI is InChI=1S/C12H9ClN2O2S/c13-7-3-4-8(11(14)18)9(6-7)15-12(16)10-2-1-5-17-10/h1-6H,(H2,14,18)(H,15,16). The van der Waals surface area contributed by atoms with Crippen molar-refractivity contribution in [2.24, 2.45) is 5.73 Å². The molecule has 1 aromatic heterocycles. The highest BCUT2D eigenvalue weighted by atomic mass is 35.5. The summed E-state index contributed by atoms with van der Waals surface area (Å²) in [7, 11) is 0. The molecule has 0 atom stereocenters. The molecular formula is C12H9ClN2O2S. The van der Waals surface area contributed by atoms with Crippen molar-refractivity contribution in [3.63, 3.8) is 0 Å². The summed E-state index contributed by atoms with van der Waals surface area (Å²) in [5.41, 5.74) is 6.58. The van der Waals surface area contributed by atoms with Gasteiger partial charge >= 0.3 is 0 Å². The molecule has 0 bridgehead atoms. The van der Waals surface area contributed by atoms with Gasteiger partial charge in [0.1, 0.15) is 4.99 Å². The van der Waals surface area contributed by atoms with Gasteiger partial charge in [0.25, 0.3) is 5.91 Å². The molecule has 0 spiro atoms. The van der Waals surface area contributed by atoms with Gasteiger partial charge in [-0.3, -0.25) is 4.79 Å². The molecule has 1 heterocycles. The predicted octanol–water partition coefficient (Wildman–Crippen LogP) is 2.82. The van der Waals surface area contributed by atoms with Gasteiger partial charge < -0.3 is 15.5 Å². The summed E-state index contributed by atoms with van der Waals surface area (Å²) in [5.74, 6) is -0.191. The molecule has 1 aromatic carbocycles. The molecule has 0 saturated heterocycles. The van der Waals surface area contributed by atoms with Crippen LogP contribution in [-0.2, 0) is 0 Å². The summed E-state index contributed by atoms with van der Waals surface area (Å²) in [5, 5.41) is 3.13. The zero-order chi connectivity index (χ0) is 13.1. The molecule has 0 radical (unpaired) electrons. The number of thiocarbonyl (C=S) groups is 1.